The van der Waals surface area contributed by atoms with Crippen molar-refractivity contribution >= 4 is 41.1 Å². The summed E-state index contributed by atoms with van der Waals surface area (Å²) >= 11 is 0. The number of alkyl carbamates (subject to hydrolysis) is 1. The van der Waals surface area contributed by atoms with Gasteiger partial charge >= 0.3 is 6.09 Å². The summed E-state index contributed by atoms with van der Waals surface area (Å²) in [6, 6.07) is 1.51. The van der Waals surface area contributed by atoms with Crippen molar-refractivity contribution < 1.29 is 33.6 Å². The normalized spacial score (nSPS) is 17.3. The van der Waals surface area contributed by atoms with Gasteiger partial charge in [-0.1, -0.05) is 0 Å². The lowest BCUT2D eigenvalue weighted by Gasteiger charge is -2.28. The Bertz CT molecular complexity index is 1100. The van der Waals surface area contributed by atoms with Gasteiger partial charge in [-0.3, -0.25) is 29.3 Å². The number of amides is 5. The van der Waals surface area contributed by atoms with Crippen LogP contribution in [0.5, 0.6) is 0 Å². The van der Waals surface area contributed by atoms with Crippen LogP contribution in [0.25, 0.3) is 0 Å². The highest BCUT2D eigenvalue weighted by Crippen LogP contribution is 2.19. The van der Waals surface area contributed by atoms with E-state index in [4.69, 9.17) is 4.74 Å². The average Bonchev–Trinajstić information content (AvgIpc) is 3.32. The van der Waals surface area contributed by atoms with E-state index in [1.165, 1.54) is 49.9 Å². The number of anilines is 1. The van der Waals surface area contributed by atoms with Crippen LogP contribution in [0.15, 0.2) is 24.3 Å². The Morgan fingerprint density at radius 3 is 2.10 bits per heavy atom. The lowest BCUT2D eigenvalue weighted by atomic mass is 10.1. The Balaban J connectivity index is 1.91. The van der Waals surface area contributed by atoms with Crippen LogP contribution >= 0.6 is 0 Å². The van der Waals surface area contributed by atoms with Gasteiger partial charge in [-0.2, -0.15) is 0 Å². The van der Waals surface area contributed by atoms with E-state index in [-0.39, 0.29) is 5.69 Å². The number of carbonyl (C=O) groups is 5. The Morgan fingerprint density at radius 1 is 0.949 bits per heavy atom. The van der Waals surface area contributed by atoms with E-state index in [1.807, 2.05) is 0 Å². The minimum absolute atomic E-state index is 0.125. The third-order valence-electron chi connectivity index (χ3n) is 5.79. The third-order valence-corrected chi connectivity index (χ3v) is 5.79. The topological polar surface area (TPSA) is 189 Å². The molecule has 1 aromatic carbocycles. The van der Waals surface area contributed by atoms with Crippen LogP contribution in [0.1, 0.15) is 54.4 Å². The van der Waals surface area contributed by atoms with E-state index in [2.05, 4.69) is 21.3 Å². The molecule has 4 unspecified atom stereocenters. The van der Waals surface area contributed by atoms with Crippen molar-refractivity contribution in [2.45, 2.75) is 84.2 Å². The second-order valence-electron chi connectivity index (χ2n) is 10.3. The van der Waals surface area contributed by atoms with E-state index in [9.17, 15) is 34.1 Å². The molecular weight excluding hydrogens is 512 g/mol. The summed E-state index contributed by atoms with van der Waals surface area (Å²) in [7, 11) is 0. The first-order valence-corrected chi connectivity index (χ1v) is 12.5. The monoisotopic (exact) mass is 548 g/mol. The van der Waals surface area contributed by atoms with Crippen molar-refractivity contribution in [3.63, 3.8) is 0 Å². The molecule has 0 aliphatic carbocycles. The predicted molar refractivity (Wildman–Crippen MR) is 141 cm³/mol. The van der Waals surface area contributed by atoms with Gasteiger partial charge in [0, 0.05) is 24.4 Å². The van der Waals surface area contributed by atoms with Crippen LogP contribution in [-0.4, -0.2) is 75.9 Å². The maximum atomic E-state index is 13.1. The van der Waals surface area contributed by atoms with Crippen molar-refractivity contribution in [2.24, 2.45) is 0 Å². The average molecular weight is 549 g/mol. The minimum Gasteiger partial charge on any atom is -0.444 e. The Labute approximate surface area is 226 Å². The van der Waals surface area contributed by atoms with Gasteiger partial charge in [0.1, 0.15) is 29.8 Å². The quantitative estimate of drug-likeness (QED) is 0.263. The Hall–Kier alpha value is -4.23. The molecule has 4 N–H and O–H groups in total. The highest BCUT2D eigenvalue weighted by atomic mass is 16.6. The number of rotatable bonds is 9. The largest absolute Gasteiger partial charge is 0.444 e. The van der Waals surface area contributed by atoms with Crippen LogP contribution in [0.2, 0.25) is 0 Å². The summed E-state index contributed by atoms with van der Waals surface area (Å²) in [5.41, 5.74) is -0.540. The van der Waals surface area contributed by atoms with Crippen LogP contribution in [0.3, 0.4) is 0 Å². The van der Waals surface area contributed by atoms with Crippen LogP contribution < -0.4 is 21.3 Å². The Kier molecular flexibility index (Phi) is 10.3. The molecule has 1 aliphatic rings. The number of hydrogen-bond donors (Lipinski definition) is 4. The molecule has 14 nitrogen and oxygen atoms in total. The molecule has 0 saturated carbocycles. The zero-order valence-electron chi connectivity index (χ0n) is 22.9. The van der Waals surface area contributed by atoms with Crippen molar-refractivity contribution in [3.8, 4) is 0 Å². The Morgan fingerprint density at radius 2 is 1.54 bits per heavy atom. The minimum atomic E-state index is -0.975. The van der Waals surface area contributed by atoms with Crippen LogP contribution in [-0.2, 0) is 23.9 Å². The lowest BCUT2D eigenvalue weighted by Crippen LogP contribution is -2.56. The molecule has 1 heterocycles. The van der Waals surface area contributed by atoms with E-state index < -0.39 is 64.4 Å². The van der Waals surface area contributed by atoms with E-state index in [1.54, 1.807) is 20.8 Å². The number of non-ortho nitro benzene ring substituents is 1. The zero-order chi connectivity index (χ0) is 29.5. The van der Waals surface area contributed by atoms with Gasteiger partial charge in [0.2, 0.25) is 23.6 Å². The molecule has 39 heavy (non-hydrogen) atoms. The number of benzene rings is 1. The number of nitro benzene ring substituents is 1. The van der Waals surface area contributed by atoms with Crippen molar-refractivity contribution in [3.05, 3.63) is 34.4 Å². The smallest absolute Gasteiger partial charge is 0.408 e. The number of carbonyl (C=O) groups excluding carboxylic acids is 5. The fraction of sp³-hybridized carbons (Fsp3) is 0.560. The number of hydrogen-bond acceptors (Lipinski definition) is 8. The molecule has 0 bridgehead atoms. The standard InChI is InChI=1S/C25H36N6O8/c1-14(21(33)29-17-9-11-18(12-10-17)31(37)38)26-22(34)19-8-7-13-30(19)23(35)16(3)27-20(32)15(2)28-24(36)39-25(4,5)6/h9-12,14-16,19H,7-8,13H2,1-6H3,(H,26,34)(H,27,32)(H,28,36)(H,29,33). The van der Waals surface area contributed by atoms with E-state index >= 15 is 0 Å². The van der Waals surface area contributed by atoms with Gasteiger partial charge in [-0.15, -0.1) is 0 Å². The molecule has 2 rings (SSSR count). The fourth-order valence-electron chi connectivity index (χ4n) is 3.79. The molecule has 5 amide bonds. The van der Waals surface area contributed by atoms with Gasteiger partial charge in [0.05, 0.1) is 4.92 Å². The molecular formula is C25H36N6O8. The summed E-state index contributed by atoms with van der Waals surface area (Å²) in [5, 5.41) is 20.9. The van der Waals surface area contributed by atoms with Crippen molar-refractivity contribution in [1.29, 1.82) is 0 Å². The molecule has 0 spiro atoms. The molecule has 1 aromatic rings. The summed E-state index contributed by atoms with van der Waals surface area (Å²) in [6.45, 7) is 9.76. The second kappa shape index (κ2) is 13.0. The molecule has 14 heteroatoms. The first-order chi connectivity index (χ1) is 18.1. The highest BCUT2D eigenvalue weighted by molar-refractivity contribution is 5.99. The molecule has 1 saturated heterocycles. The van der Waals surface area contributed by atoms with Crippen LogP contribution in [0.4, 0.5) is 16.2 Å². The zero-order valence-corrected chi connectivity index (χ0v) is 22.9. The summed E-state index contributed by atoms with van der Waals surface area (Å²) < 4.78 is 5.12. The summed E-state index contributed by atoms with van der Waals surface area (Å²) in [5.74, 6) is -2.14. The number of ether oxygens (including phenoxy) is 1. The second-order valence-corrected chi connectivity index (χ2v) is 10.3. The molecule has 1 aliphatic heterocycles. The molecule has 1 fully saturated rings. The maximum Gasteiger partial charge on any atom is 0.408 e. The number of nitro groups is 1. The van der Waals surface area contributed by atoms with E-state index in [0.717, 1.165) is 0 Å². The third kappa shape index (κ3) is 9.23. The maximum absolute atomic E-state index is 13.1. The van der Waals surface area contributed by atoms with Crippen LogP contribution in [0, 0.1) is 10.1 Å². The fourth-order valence-corrected chi connectivity index (χ4v) is 3.79. The van der Waals surface area contributed by atoms with Crippen molar-refractivity contribution in [1.82, 2.24) is 20.9 Å². The molecule has 0 aromatic heterocycles. The SMILES string of the molecule is CC(NC(=O)OC(C)(C)C)C(=O)NC(C)C(=O)N1CCCC1C(=O)NC(C)C(=O)Nc1ccc([N+](=O)[O-])cc1. The number of likely N-dealkylation sites (tertiary alicyclic amines) is 1. The highest BCUT2D eigenvalue weighted by Gasteiger charge is 2.37. The lowest BCUT2D eigenvalue weighted by molar-refractivity contribution is -0.384. The van der Waals surface area contributed by atoms with Gasteiger partial charge in [0.25, 0.3) is 5.69 Å². The number of nitrogens with zero attached hydrogens (tertiary/aromatic N) is 2. The van der Waals surface area contributed by atoms with Gasteiger partial charge < -0.3 is 30.9 Å². The van der Waals surface area contributed by atoms with E-state index in [0.29, 0.717) is 25.1 Å². The summed E-state index contributed by atoms with van der Waals surface area (Å²) in [6.07, 6.45) is 0.169. The molecule has 4 atom stereocenters. The van der Waals surface area contributed by atoms with Gasteiger partial charge in [-0.25, -0.2) is 4.79 Å². The predicted octanol–water partition coefficient (Wildman–Crippen LogP) is 1.45. The summed E-state index contributed by atoms with van der Waals surface area (Å²) in [4.78, 5) is 74.5. The van der Waals surface area contributed by atoms with Gasteiger partial charge in [0.15, 0.2) is 0 Å². The first-order valence-electron chi connectivity index (χ1n) is 12.5. The first kappa shape index (κ1) is 31.0. The van der Waals surface area contributed by atoms with Crippen molar-refractivity contribution in [2.75, 3.05) is 11.9 Å². The van der Waals surface area contributed by atoms with Gasteiger partial charge in [-0.05, 0) is 66.5 Å². The molecule has 214 valence electrons. The number of nitrogens with one attached hydrogen (secondary N) is 4. The molecule has 0 radical (unpaired) electrons.